The van der Waals surface area contributed by atoms with E-state index in [1.54, 1.807) is 43.5 Å². The zero-order chi connectivity index (χ0) is 23.1. The summed E-state index contributed by atoms with van der Waals surface area (Å²) in [5.74, 6) is -1.82. The van der Waals surface area contributed by atoms with E-state index in [0.717, 1.165) is 4.70 Å². The number of nitrogens with zero attached hydrogens (tertiary/aromatic N) is 2. The lowest BCUT2D eigenvalue weighted by Crippen LogP contribution is -2.29. The van der Waals surface area contributed by atoms with E-state index >= 15 is 0 Å². The van der Waals surface area contributed by atoms with Crippen LogP contribution in [0, 0.1) is 5.82 Å². The Bertz CT molecular complexity index is 1410. The molecule has 33 heavy (non-hydrogen) atoms. The van der Waals surface area contributed by atoms with E-state index in [2.05, 4.69) is 4.98 Å². The predicted octanol–water partition coefficient (Wildman–Crippen LogP) is 5.07. The van der Waals surface area contributed by atoms with Gasteiger partial charge >= 0.3 is 5.91 Å². The maximum Gasteiger partial charge on any atom is 0.301 e. The van der Waals surface area contributed by atoms with Crippen molar-refractivity contribution < 1.29 is 23.8 Å². The van der Waals surface area contributed by atoms with Crippen molar-refractivity contribution in [3.8, 4) is 5.75 Å². The van der Waals surface area contributed by atoms with Crippen LogP contribution in [0.2, 0.25) is 0 Å². The highest BCUT2D eigenvalue weighted by Gasteiger charge is 2.48. The first kappa shape index (κ1) is 20.8. The summed E-state index contributed by atoms with van der Waals surface area (Å²) in [5, 5.41) is 11.4. The van der Waals surface area contributed by atoms with Gasteiger partial charge in [0.25, 0.3) is 5.78 Å². The number of ether oxygens (including phenoxy) is 1. The number of hydrogen-bond donors (Lipinski definition) is 1. The Morgan fingerprint density at radius 3 is 2.48 bits per heavy atom. The molecule has 5 rings (SSSR count). The number of benzene rings is 3. The van der Waals surface area contributed by atoms with E-state index in [1.165, 1.54) is 40.5 Å². The highest BCUT2D eigenvalue weighted by atomic mass is 32.1. The van der Waals surface area contributed by atoms with Gasteiger partial charge in [-0.15, -0.1) is 0 Å². The zero-order valence-corrected chi connectivity index (χ0v) is 18.2. The summed E-state index contributed by atoms with van der Waals surface area (Å²) in [4.78, 5) is 32.2. The molecule has 1 saturated heterocycles. The van der Waals surface area contributed by atoms with Gasteiger partial charge in [-0.1, -0.05) is 41.7 Å². The van der Waals surface area contributed by atoms with Crippen LogP contribution in [-0.2, 0) is 9.59 Å². The van der Waals surface area contributed by atoms with Gasteiger partial charge in [0.15, 0.2) is 5.13 Å². The van der Waals surface area contributed by atoms with E-state index in [4.69, 9.17) is 4.74 Å². The van der Waals surface area contributed by atoms with E-state index in [9.17, 15) is 19.1 Å². The Hall–Kier alpha value is -4.04. The van der Waals surface area contributed by atoms with E-state index < -0.39 is 23.5 Å². The van der Waals surface area contributed by atoms with Crippen LogP contribution < -0.4 is 9.64 Å². The number of carbonyl (C=O) groups excluding carboxylic acids is 2. The molecule has 0 aliphatic carbocycles. The third-order valence-electron chi connectivity index (χ3n) is 5.47. The van der Waals surface area contributed by atoms with Crippen molar-refractivity contribution >= 4 is 44.1 Å². The maximum absolute atomic E-state index is 13.4. The van der Waals surface area contributed by atoms with Crippen LogP contribution in [0.5, 0.6) is 5.75 Å². The molecule has 1 fully saturated rings. The Morgan fingerprint density at radius 2 is 1.79 bits per heavy atom. The van der Waals surface area contributed by atoms with Gasteiger partial charge < -0.3 is 9.84 Å². The monoisotopic (exact) mass is 460 g/mol. The number of aliphatic hydroxyl groups excluding tert-OH is 1. The van der Waals surface area contributed by atoms with Crippen molar-refractivity contribution in [3.63, 3.8) is 0 Å². The molecule has 0 saturated carbocycles. The average Bonchev–Trinajstić information content (AvgIpc) is 3.37. The number of aliphatic hydroxyl groups is 1. The molecule has 1 aromatic heterocycles. The van der Waals surface area contributed by atoms with E-state index in [-0.39, 0.29) is 16.9 Å². The summed E-state index contributed by atoms with van der Waals surface area (Å²) in [6.07, 6.45) is 0. The van der Waals surface area contributed by atoms with Gasteiger partial charge in [0.1, 0.15) is 17.3 Å². The molecule has 164 valence electrons. The fourth-order valence-corrected chi connectivity index (χ4v) is 4.89. The molecule has 4 aromatic rings. The number of carbonyl (C=O) groups is 2. The van der Waals surface area contributed by atoms with Gasteiger partial charge in [-0.2, -0.15) is 0 Å². The number of amides is 1. The maximum atomic E-state index is 13.4. The Morgan fingerprint density at radius 1 is 1.06 bits per heavy atom. The molecule has 1 aliphatic heterocycles. The minimum absolute atomic E-state index is 0.0744. The molecule has 0 radical (unpaired) electrons. The van der Waals surface area contributed by atoms with Crippen LogP contribution in [0.1, 0.15) is 17.2 Å². The molecule has 6 nitrogen and oxygen atoms in total. The van der Waals surface area contributed by atoms with Crippen LogP contribution in [-0.4, -0.2) is 28.9 Å². The summed E-state index contributed by atoms with van der Waals surface area (Å²) in [7, 11) is 1.56. The normalized spacial score (nSPS) is 17.6. The van der Waals surface area contributed by atoms with Gasteiger partial charge in [0.05, 0.1) is 28.9 Å². The SMILES string of the molecule is COc1ccc2nc(N3C(=O)C(=O)C(=C(O)c4ccc(F)cc4)[C@H]3c3ccccc3)sc2c1. The predicted molar refractivity (Wildman–Crippen MR) is 124 cm³/mol. The number of thiazole rings is 1. The highest BCUT2D eigenvalue weighted by molar-refractivity contribution is 7.22. The number of Topliss-reactive ketones (excluding diaryl/α,β-unsaturated/α-hetero) is 1. The number of aromatic nitrogens is 1. The minimum Gasteiger partial charge on any atom is -0.507 e. The number of hydrogen-bond acceptors (Lipinski definition) is 6. The van der Waals surface area contributed by atoms with Crippen LogP contribution in [0.4, 0.5) is 9.52 Å². The van der Waals surface area contributed by atoms with Gasteiger partial charge in [0, 0.05) is 5.56 Å². The molecule has 1 aliphatic rings. The fraction of sp³-hybridized carbons (Fsp3) is 0.0800. The minimum atomic E-state index is -0.890. The first-order valence-corrected chi connectivity index (χ1v) is 10.9. The van der Waals surface area contributed by atoms with Crippen molar-refractivity contribution in [2.75, 3.05) is 12.0 Å². The molecule has 1 N–H and O–H groups in total. The number of ketones is 1. The number of rotatable bonds is 4. The molecule has 1 atom stereocenters. The van der Waals surface area contributed by atoms with Crippen molar-refractivity contribution in [2.24, 2.45) is 0 Å². The number of anilines is 1. The smallest absolute Gasteiger partial charge is 0.301 e. The summed E-state index contributed by atoms with van der Waals surface area (Å²) < 4.78 is 19.5. The third-order valence-corrected chi connectivity index (χ3v) is 6.49. The Labute approximate surface area is 192 Å². The largest absolute Gasteiger partial charge is 0.507 e. The average molecular weight is 460 g/mol. The topological polar surface area (TPSA) is 79.7 Å². The molecular formula is C25H17FN2O4S. The second-order valence-electron chi connectivity index (χ2n) is 7.42. The third kappa shape index (κ3) is 3.54. The zero-order valence-electron chi connectivity index (χ0n) is 17.4. The standard InChI is InChI=1S/C25H17FN2O4S/c1-32-17-11-12-18-19(13-17)33-25(27-18)28-21(14-5-3-2-4-6-14)20(23(30)24(28)31)22(29)15-7-9-16(26)10-8-15/h2-13,21,29H,1H3/t21-/m1/s1. The van der Waals surface area contributed by atoms with Crippen molar-refractivity contribution in [1.29, 1.82) is 0 Å². The van der Waals surface area contributed by atoms with Crippen molar-refractivity contribution in [1.82, 2.24) is 4.98 Å². The quantitative estimate of drug-likeness (QED) is 0.261. The number of fused-ring (bicyclic) bond motifs is 1. The molecule has 8 heteroatoms. The van der Waals surface area contributed by atoms with E-state index in [1.807, 2.05) is 12.1 Å². The first-order valence-electron chi connectivity index (χ1n) is 10.0. The number of halogens is 1. The molecule has 3 aromatic carbocycles. The lowest BCUT2D eigenvalue weighted by molar-refractivity contribution is -0.132. The lowest BCUT2D eigenvalue weighted by atomic mass is 9.95. The molecule has 0 spiro atoms. The molecule has 0 unspecified atom stereocenters. The second kappa shape index (κ2) is 8.14. The van der Waals surface area contributed by atoms with Crippen LogP contribution in [0.15, 0.2) is 78.4 Å². The molecule has 0 bridgehead atoms. The fourth-order valence-electron chi connectivity index (χ4n) is 3.87. The lowest BCUT2D eigenvalue weighted by Gasteiger charge is -2.22. The summed E-state index contributed by atoms with van der Waals surface area (Å²) in [6, 6.07) is 18.5. The number of methoxy groups -OCH3 is 1. The van der Waals surface area contributed by atoms with Crippen LogP contribution >= 0.6 is 11.3 Å². The van der Waals surface area contributed by atoms with Gasteiger partial charge in [-0.25, -0.2) is 9.37 Å². The summed E-state index contributed by atoms with van der Waals surface area (Å²) in [6.45, 7) is 0. The Kier molecular flexibility index (Phi) is 5.14. The van der Waals surface area contributed by atoms with Crippen molar-refractivity contribution in [2.45, 2.75) is 6.04 Å². The van der Waals surface area contributed by atoms with Crippen molar-refractivity contribution in [3.05, 3.63) is 95.3 Å². The molecule has 1 amide bonds. The highest BCUT2D eigenvalue weighted by Crippen LogP contribution is 2.44. The van der Waals surface area contributed by atoms with Crippen LogP contribution in [0.25, 0.3) is 16.0 Å². The Balaban J connectivity index is 1.71. The first-order chi connectivity index (χ1) is 16.0. The summed E-state index contributed by atoms with van der Waals surface area (Å²) in [5.41, 5.74) is 1.46. The summed E-state index contributed by atoms with van der Waals surface area (Å²) >= 11 is 1.25. The van der Waals surface area contributed by atoms with Crippen LogP contribution in [0.3, 0.4) is 0 Å². The van der Waals surface area contributed by atoms with Gasteiger partial charge in [0.2, 0.25) is 0 Å². The second-order valence-corrected chi connectivity index (χ2v) is 8.43. The molecular weight excluding hydrogens is 443 g/mol. The van der Waals surface area contributed by atoms with Gasteiger partial charge in [-0.3, -0.25) is 14.5 Å². The van der Waals surface area contributed by atoms with Gasteiger partial charge in [-0.05, 0) is 48.0 Å². The van der Waals surface area contributed by atoms with E-state index in [0.29, 0.717) is 22.0 Å². The molecule has 2 heterocycles.